The topological polar surface area (TPSA) is 108 Å². The number of benzene rings is 1. The lowest BCUT2D eigenvalue weighted by Gasteiger charge is -2.34. The number of carbonyl (C=O) groups is 3. The molecule has 1 atom stereocenters. The highest BCUT2D eigenvalue weighted by molar-refractivity contribution is 6.30. The van der Waals surface area contributed by atoms with E-state index in [4.69, 9.17) is 11.6 Å². The molecule has 9 nitrogen and oxygen atoms in total. The number of pyridine rings is 2. The highest BCUT2D eigenvalue weighted by Gasteiger charge is 2.40. The Morgan fingerprint density at radius 2 is 1.80 bits per heavy atom. The van der Waals surface area contributed by atoms with Gasteiger partial charge in [0, 0.05) is 55.6 Å². The number of fused-ring (bicyclic) bond motifs is 1. The van der Waals surface area contributed by atoms with Gasteiger partial charge in [-0.3, -0.25) is 24.7 Å². The molecule has 3 aliphatic heterocycles. The van der Waals surface area contributed by atoms with Crippen molar-refractivity contribution in [1.82, 2.24) is 25.5 Å². The Hall–Kier alpha value is -4.03. The summed E-state index contributed by atoms with van der Waals surface area (Å²) in [5, 5.41) is 6.13. The zero-order valence-electron chi connectivity index (χ0n) is 23.7. The van der Waals surface area contributed by atoms with Crippen LogP contribution in [-0.2, 0) is 28.9 Å². The number of nitrogens with one attached hydrogen (secondary N) is 2. The van der Waals surface area contributed by atoms with Crippen LogP contribution in [0.2, 0.25) is 5.02 Å². The molecular formula is C31H30ClF3N6O3. The maximum absolute atomic E-state index is 14.1. The minimum atomic E-state index is -4.55. The van der Waals surface area contributed by atoms with E-state index in [0.29, 0.717) is 67.2 Å². The quantitative estimate of drug-likeness (QED) is 0.370. The molecule has 3 aliphatic rings. The van der Waals surface area contributed by atoms with Crippen LogP contribution in [0.5, 0.6) is 0 Å². The fourth-order valence-electron chi connectivity index (χ4n) is 6.11. The van der Waals surface area contributed by atoms with Crippen LogP contribution in [0.4, 0.5) is 19.0 Å². The number of hydrogen-bond donors (Lipinski definition) is 2. The van der Waals surface area contributed by atoms with Crippen LogP contribution in [0.15, 0.2) is 48.8 Å². The van der Waals surface area contributed by atoms with Gasteiger partial charge in [0.1, 0.15) is 11.9 Å². The molecule has 2 N–H and O–H groups in total. The number of amides is 3. The number of nitrogens with zero attached hydrogens (tertiary/aromatic N) is 4. The lowest BCUT2D eigenvalue weighted by Crippen LogP contribution is -2.52. The smallest absolute Gasteiger partial charge is 0.356 e. The third kappa shape index (κ3) is 6.27. The molecule has 1 aromatic carbocycles. The maximum atomic E-state index is 14.1. The van der Waals surface area contributed by atoms with E-state index in [2.05, 4.69) is 20.6 Å². The number of alkyl halides is 3. The van der Waals surface area contributed by atoms with Crippen molar-refractivity contribution in [1.29, 1.82) is 0 Å². The van der Waals surface area contributed by atoms with Gasteiger partial charge in [0.2, 0.25) is 11.8 Å². The number of imide groups is 1. The fourth-order valence-corrected chi connectivity index (χ4v) is 6.30. The fraction of sp³-hybridized carbons (Fsp3) is 0.387. The number of hydrogen-bond acceptors (Lipinski definition) is 7. The second kappa shape index (κ2) is 12.2. The molecule has 2 saturated heterocycles. The van der Waals surface area contributed by atoms with Crippen LogP contribution in [0.3, 0.4) is 0 Å². The second-order valence-corrected chi connectivity index (χ2v) is 11.8. The van der Waals surface area contributed by atoms with E-state index in [1.165, 1.54) is 17.3 Å². The van der Waals surface area contributed by atoms with Crippen molar-refractivity contribution in [2.45, 2.75) is 51.0 Å². The minimum Gasteiger partial charge on any atom is -0.356 e. The van der Waals surface area contributed by atoms with Gasteiger partial charge in [-0.25, -0.2) is 4.98 Å². The average molecular weight is 627 g/mol. The molecule has 2 aromatic heterocycles. The van der Waals surface area contributed by atoms with Gasteiger partial charge in [0.15, 0.2) is 0 Å². The predicted octanol–water partition coefficient (Wildman–Crippen LogP) is 4.58. The second-order valence-electron chi connectivity index (χ2n) is 11.4. The molecule has 0 bridgehead atoms. The summed E-state index contributed by atoms with van der Waals surface area (Å²) in [5.41, 5.74) is 2.16. The number of aromatic nitrogens is 2. The van der Waals surface area contributed by atoms with E-state index < -0.39 is 23.7 Å². The minimum absolute atomic E-state index is 0.0575. The number of rotatable bonds is 7. The van der Waals surface area contributed by atoms with Crippen LogP contribution in [0.1, 0.15) is 52.9 Å². The normalized spacial score (nSPS) is 19.4. The first-order valence-corrected chi connectivity index (χ1v) is 14.9. The lowest BCUT2D eigenvalue weighted by atomic mass is 9.96. The molecular weight excluding hydrogens is 597 g/mol. The summed E-state index contributed by atoms with van der Waals surface area (Å²) in [6.45, 7) is 2.32. The first-order chi connectivity index (χ1) is 21.1. The van der Waals surface area contributed by atoms with E-state index >= 15 is 0 Å². The first kappa shape index (κ1) is 30.0. The van der Waals surface area contributed by atoms with E-state index in [1.807, 2.05) is 6.07 Å². The van der Waals surface area contributed by atoms with Gasteiger partial charge in [-0.15, -0.1) is 0 Å². The Bertz CT molecular complexity index is 1610. The van der Waals surface area contributed by atoms with Crippen LogP contribution in [0.25, 0.3) is 11.1 Å². The molecule has 3 aromatic rings. The van der Waals surface area contributed by atoms with Crippen molar-refractivity contribution in [3.8, 4) is 11.1 Å². The molecule has 0 aliphatic carbocycles. The van der Waals surface area contributed by atoms with Crippen molar-refractivity contribution < 1.29 is 27.6 Å². The average Bonchev–Trinajstić information content (AvgIpc) is 3.32. The summed E-state index contributed by atoms with van der Waals surface area (Å²) < 4.78 is 42.2. The van der Waals surface area contributed by atoms with E-state index in [-0.39, 0.29) is 36.5 Å². The third-order valence-electron chi connectivity index (χ3n) is 8.45. The molecule has 0 radical (unpaired) electrons. The van der Waals surface area contributed by atoms with Crippen molar-refractivity contribution in [3.63, 3.8) is 0 Å². The first-order valence-electron chi connectivity index (χ1n) is 14.5. The summed E-state index contributed by atoms with van der Waals surface area (Å²) in [6.07, 6.45) is 0.338. The SMILES string of the molecule is O=C1CCC(N2Cc3cc(CNCC4CCN(c5ncc(-c6cccc(Cl)c6)cc5C(F)(F)F)CC4)ncc3C2=O)C(=O)N1. The summed E-state index contributed by atoms with van der Waals surface area (Å²) in [4.78, 5) is 48.5. The molecule has 5 heterocycles. The van der Waals surface area contributed by atoms with Crippen molar-refractivity contribution in [2.75, 3.05) is 24.5 Å². The predicted molar refractivity (Wildman–Crippen MR) is 157 cm³/mol. The van der Waals surface area contributed by atoms with Gasteiger partial charge in [-0.05, 0) is 67.1 Å². The Labute approximate surface area is 256 Å². The molecule has 1 unspecified atom stereocenters. The Kier molecular flexibility index (Phi) is 8.30. The Balaban J connectivity index is 1.03. The molecule has 2 fully saturated rings. The summed E-state index contributed by atoms with van der Waals surface area (Å²) >= 11 is 6.04. The van der Waals surface area contributed by atoms with Gasteiger partial charge in [0.25, 0.3) is 5.91 Å². The molecule has 6 rings (SSSR count). The molecule has 13 heteroatoms. The number of anilines is 1. The zero-order chi connectivity index (χ0) is 31.0. The molecule has 3 amide bonds. The van der Waals surface area contributed by atoms with Crippen molar-refractivity contribution in [3.05, 3.63) is 76.2 Å². The largest absolute Gasteiger partial charge is 0.419 e. The van der Waals surface area contributed by atoms with Crippen LogP contribution in [0, 0.1) is 5.92 Å². The molecule has 0 spiro atoms. The van der Waals surface area contributed by atoms with Gasteiger partial charge in [-0.1, -0.05) is 23.7 Å². The molecule has 230 valence electrons. The zero-order valence-corrected chi connectivity index (χ0v) is 24.4. The lowest BCUT2D eigenvalue weighted by molar-refractivity contribution is -0.138. The van der Waals surface area contributed by atoms with E-state index in [0.717, 1.165) is 17.3 Å². The Morgan fingerprint density at radius 1 is 1.00 bits per heavy atom. The summed E-state index contributed by atoms with van der Waals surface area (Å²) in [5.74, 6) is -0.843. The van der Waals surface area contributed by atoms with Crippen LogP contribution >= 0.6 is 11.6 Å². The number of halogens is 4. The maximum Gasteiger partial charge on any atom is 0.419 e. The molecule has 44 heavy (non-hydrogen) atoms. The highest BCUT2D eigenvalue weighted by atomic mass is 35.5. The van der Waals surface area contributed by atoms with E-state index in [9.17, 15) is 27.6 Å². The van der Waals surface area contributed by atoms with Gasteiger partial charge in [-0.2, -0.15) is 13.2 Å². The number of carbonyl (C=O) groups excluding carboxylic acids is 3. The van der Waals surface area contributed by atoms with Gasteiger partial charge < -0.3 is 15.1 Å². The molecule has 0 saturated carbocycles. The highest BCUT2D eigenvalue weighted by Crippen LogP contribution is 2.39. The van der Waals surface area contributed by atoms with Crippen molar-refractivity contribution >= 4 is 35.1 Å². The van der Waals surface area contributed by atoms with E-state index in [1.54, 1.807) is 29.2 Å². The van der Waals surface area contributed by atoms with Crippen molar-refractivity contribution in [2.24, 2.45) is 5.92 Å². The third-order valence-corrected chi connectivity index (χ3v) is 8.68. The van der Waals surface area contributed by atoms with Gasteiger partial charge in [0.05, 0.1) is 16.8 Å². The summed E-state index contributed by atoms with van der Waals surface area (Å²) in [6, 6.07) is 8.99. The standard InChI is InChI=1S/C31H30ClF3N6O3/c32-22-3-1-2-19(10-22)20-12-25(31(33,34)35)28(38-14-20)40-8-6-18(7-9-40)13-36-15-23-11-21-17-41(30(44)24(21)16-37-23)26-4-5-27(42)39-29(26)43/h1-3,10-12,14,16,18,26,36H,4-9,13,15,17H2,(H,39,42,43). The summed E-state index contributed by atoms with van der Waals surface area (Å²) in [7, 11) is 0. The van der Waals surface area contributed by atoms with Crippen LogP contribution < -0.4 is 15.5 Å². The monoisotopic (exact) mass is 626 g/mol. The van der Waals surface area contributed by atoms with Crippen LogP contribution in [-0.4, -0.2) is 58.3 Å². The number of piperidine rings is 2. The van der Waals surface area contributed by atoms with Gasteiger partial charge >= 0.3 is 6.18 Å². The Morgan fingerprint density at radius 3 is 2.52 bits per heavy atom.